The van der Waals surface area contributed by atoms with Gasteiger partial charge in [-0.2, -0.15) is 5.10 Å². The summed E-state index contributed by atoms with van der Waals surface area (Å²) in [6, 6.07) is 19.0. The number of aromatic amines is 1. The number of aromatic hydroxyl groups is 2. The van der Waals surface area contributed by atoms with E-state index in [2.05, 4.69) is 10.2 Å². The summed E-state index contributed by atoms with van der Waals surface area (Å²) in [5, 5.41) is 27.3. The molecule has 0 saturated carbocycles. The van der Waals surface area contributed by atoms with Crippen molar-refractivity contribution in [3.63, 3.8) is 0 Å². The van der Waals surface area contributed by atoms with Gasteiger partial charge in [-0.15, -0.1) is 0 Å². The maximum atomic E-state index is 13.4. The minimum absolute atomic E-state index is 0.0608. The maximum absolute atomic E-state index is 13.4. The van der Waals surface area contributed by atoms with E-state index in [1.807, 2.05) is 0 Å². The number of amides is 1. The van der Waals surface area contributed by atoms with Crippen molar-refractivity contribution in [3.05, 3.63) is 101 Å². The highest BCUT2D eigenvalue weighted by Gasteiger charge is 2.42. The number of aromatic nitrogens is 2. The predicted molar refractivity (Wildman–Crippen MR) is 112 cm³/mol. The van der Waals surface area contributed by atoms with E-state index >= 15 is 0 Å². The minimum atomic E-state index is -0.499. The number of hydrogen-bond donors (Lipinski definition) is 3. The first-order valence-electron chi connectivity index (χ1n) is 9.74. The summed E-state index contributed by atoms with van der Waals surface area (Å²) < 4.78 is 13.4. The molecule has 1 aliphatic heterocycles. The largest absolute Gasteiger partial charge is 0.508 e. The fourth-order valence-electron chi connectivity index (χ4n) is 4.03. The zero-order chi connectivity index (χ0) is 21.5. The normalized spacial score (nSPS) is 15.3. The van der Waals surface area contributed by atoms with E-state index in [1.165, 1.54) is 12.1 Å². The summed E-state index contributed by atoms with van der Waals surface area (Å²) in [5.74, 6) is -0.411. The number of carbonyl (C=O) groups excluding carboxylic acids is 1. The molecule has 0 fully saturated rings. The molecule has 5 rings (SSSR count). The van der Waals surface area contributed by atoms with Gasteiger partial charge in [0.1, 0.15) is 28.7 Å². The third kappa shape index (κ3) is 3.20. The Morgan fingerprint density at radius 3 is 2.39 bits per heavy atom. The first kappa shape index (κ1) is 18.9. The number of halogens is 1. The number of H-pyrrole nitrogens is 1. The van der Waals surface area contributed by atoms with Gasteiger partial charge in [0.2, 0.25) is 0 Å². The van der Waals surface area contributed by atoms with E-state index in [0.29, 0.717) is 22.5 Å². The van der Waals surface area contributed by atoms with Gasteiger partial charge in [-0.3, -0.25) is 9.89 Å². The summed E-state index contributed by atoms with van der Waals surface area (Å²) in [5.41, 5.74) is 3.56. The Hall–Kier alpha value is -4.13. The molecule has 3 N–H and O–H groups in total. The summed E-state index contributed by atoms with van der Waals surface area (Å²) in [7, 11) is 0. The van der Waals surface area contributed by atoms with Crippen molar-refractivity contribution >= 4 is 5.91 Å². The molecule has 31 heavy (non-hydrogen) atoms. The molecule has 3 aromatic carbocycles. The standard InChI is InChI=1S/C24H18FN3O3/c25-16-9-5-14(6-10-16)13-28-23(15-7-11-17(29)12-8-15)20-21(26-27-22(20)24(28)31)18-3-1-2-4-19(18)30/h1-12,23,29-30H,13H2,(H,26,27)/t23-/m0/s1. The lowest BCUT2D eigenvalue weighted by molar-refractivity contribution is 0.0730. The zero-order valence-electron chi connectivity index (χ0n) is 16.3. The molecule has 0 radical (unpaired) electrons. The maximum Gasteiger partial charge on any atom is 0.273 e. The predicted octanol–water partition coefficient (Wildman–Crippen LogP) is 4.37. The minimum Gasteiger partial charge on any atom is -0.508 e. The van der Waals surface area contributed by atoms with E-state index in [0.717, 1.165) is 11.1 Å². The Morgan fingerprint density at radius 1 is 0.968 bits per heavy atom. The SMILES string of the molecule is O=C1c2[nH]nc(-c3ccccc3O)c2[C@H](c2ccc(O)cc2)N1Cc1ccc(F)cc1. The molecule has 6 nitrogen and oxygen atoms in total. The van der Waals surface area contributed by atoms with E-state index in [-0.39, 0.29) is 29.8 Å². The molecular formula is C24H18FN3O3. The average molecular weight is 415 g/mol. The Bertz CT molecular complexity index is 1270. The Balaban J connectivity index is 1.65. The van der Waals surface area contributed by atoms with Crippen LogP contribution in [0.15, 0.2) is 72.8 Å². The molecular weight excluding hydrogens is 397 g/mol. The lowest BCUT2D eigenvalue weighted by atomic mass is 9.95. The molecule has 1 atom stereocenters. The first-order valence-corrected chi connectivity index (χ1v) is 9.74. The van der Waals surface area contributed by atoms with Crippen molar-refractivity contribution in [2.24, 2.45) is 0 Å². The van der Waals surface area contributed by atoms with E-state index in [1.54, 1.807) is 65.6 Å². The fourth-order valence-corrected chi connectivity index (χ4v) is 4.03. The molecule has 0 spiro atoms. The molecule has 1 aromatic heterocycles. The Kier molecular flexibility index (Phi) is 4.43. The Labute approximate surface area is 177 Å². The molecule has 154 valence electrons. The van der Waals surface area contributed by atoms with Crippen LogP contribution in [0.1, 0.15) is 33.2 Å². The van der Waals surface area contributed by atoms with Crippen LogP contribution in [0.5, 0.6) is 11.5 Å². The van der Waals surface area contributed by atoms with Crippen LogP contribution in [0.4, 0.5) is 4.39 Å². The molecule has 1 amide bonds. The second-order valence-electron chi connectivity index (χ2n) is 7.43. The summed E-state index contributed by atoms with van der Waals surface area (Å²) in [6.07, 6.45) is 0. The first-order chi connectivity index (χ1) is 15.0. The highest BCUT2D eigenvalue weighted by molar-refractivity contribution is 6.00. The number of para-hydroxylation sites is 1. The third-order valence-corrected chi connectivity index (χ3v) is 5.50. The number of phenolic OH excluding ortho intramolecular Hbond substituents is 2. The quantitative estimate of drug-likeness (QED) is 0.462. The lowest BCUT2D eigenvalue weighted by Gasteiger charge is -2.26. The van der Waals surface area contributed by atoms with Crippen LogP contribution in [0.25, 0.3) is 11.3 Å². The Morgan fingerprint density at radius 2 is 1.68 bits per heavy atom. The summed E-state index contributed by atoms with van der Waals surface area (Å²) in [4.78, 5) is 15.0. The van der Waals surface area contributed by atoms with Crippen LogP contribution in [0.2, 0.25) is 0 Å². The van der Waals surface area contributed by atoms with Gasteiger partial charge < -0.3 is 15.1 Å². The summed E-state index contributed by atoms with van der Waals surface area (Å²) >= 11 is 0. The molecule has 0 saturated heterocycles. The number of phenols is 2. The second-order valence-corrected chi connectivity index (χ2v) is 7.43. The molecule has 1 aliphatic rings. The zero-order valence-corrected chi connectivity index (χ0v) is 16.3. The number of nitrogens with one attached hydrogen (secondary N) is 1. The molecule has 0 aliphatic carbocycles. The van der Waals surface area contributed by atoms with Gasteiger partial charge in [0.25, 0.3) is 5.91 Å². The van der Waals surface area contributed by atoms with Crippen LogP contribution in [0.3, 0.4) is 0 Å². The van der Waals surface area contributed by atoms with Crippen molar-refractivity contribution in [2.75, 3.05) is 0 Å². The van der Waals surface area contributed by atoms with Crippen LogP contribution < -0.4 is 0 Å². The number of rotatable bonds is 4. The number of hydrogen-bond acceptors (Lipinski definition) is 4. The number of benzene rings is 3. The van der Waals surface area contributed by atoms with Gasteiger partial charge in [0.05, 0.1) is 6.04 Å². The highest BCUT2D eigenvalue weighted by Crippen LogP contribution is 2.45. The van der Waals surface area contributed by atoms with Crippen LogP contribution >= 0.6 is 0 Å². The smallest absolute Gasteiger partial charge is 0.273 e. The van der Waals surface area contributed by atoms with Gasteiger partial charge in [0.15, 0.2) is 0 Å². The number of carbonyl (C=O) groups is 1. The van der Waals surface area contributed by atoms with Crippen LogP contribution in [-0.2, 0) is 6.54 Å². The van der Waals surface area contributed by atoms with Crippen molar-refractivity contribution < 1.29 is 19.4 Å². The monoisotopic (exact) mass is 415 g/mol. The molecule has 4 aromatic rings. The van der Waals surface area contributed by atoms with Crippen LogP contribution in [-0.4, -0.2) is 31.2 Å². The topological polar surface area (TPSA) is 89.5 Å². The van der Waals surface area contributed by atoms with Crippen molar-refractivity contribution in [1.82, 2.24) is 15.1 Å². The average Bonchev–Trinajstić information content (AvgIpc) is 3.30. The van der Waals surface area contributed by atoms with Gasteiger partial charge in [-0.25, -0.2) is 4.39 Å². The highest BCUT2D eigenvalue weighted by atomic mass is 19.1. The van der Waals surface area contributed by atoms with Crippen molar-refractivity contribution in [2.45, 2.75) is 12.6 Å². The second kappa shape index (κ2) is 7.28. The van der Waals surface area contributed by atoms with Gasteiger partial charge >= 0.3 is 0 Å². The summed E-state index contributed by atoms with van der Waals surface area (Å²) in [6.45, 7) is 0.257. The third-order valence-electron chi connectivity index (χ3n) is 5.50. The van der Waals surface area contributed by atoms with Gasteiger partial charge in [-0.05, 0) is 47.5 Å². The lowest BCUT2D eigenvalue weighted by Crippen LogP contribution is -2.29. The van der Waals surface area contributed by atoms with E-state index < -0.39 is 6.04 Å². The number of nitrogens with zero attached hydrogens (tertiary/aromatic N) is 2. The molecule has 0 unspecified atom stereocenters. The van der Waals surface area contributed by atoms with Crippen molar-refractivity contribution in [3.8, 4) is 22.8 Å². The van der Waals surface area contributed by atoms with E-state index in [4.69, 9.17) is 0 Å². The van der Waals surface area contributed by atoms with Gasteiger partial charge in [0, 0.05) is 17.7 Å². The fraction of sp³-hybridized carbons (Fsp3) is 0.0833. The molecule has 2 heterocycles. The molecule has 0 bridgehead atoms. The number of fused-ring (bicyclic) bond motifs is 1. The van der Waals surface area contributed by atoms with Gasteiger partial charge in [-0.1, -0.05) is 36.4 Å². The van der Waals surface area contributed by atoms with E-state index in [9.17, 15) is 19.4 Å². The van der Waals surface area contributed by atoms with Crippen molar-refractivity contribution in [1.29, 1.82) is 0 Å². The van der Waals surface area contributed by atoms with Crippen LogP contribution in [0, 0.1) is 5.82 Å². The molecule has 7 heteroatoms.